The normalized spacial score (nSPS) is 16.9. The summed E-state index contributed by atoms with van der Waals surface area (Å²) < 4.78 is 5.27. The van der Waals surface area contributed by atoms with Crippen molar-refractivity contribution in [1.29, 1.82) is 0 Å². The Kier molecular flexibility index (Phi) is 5.38. The Morgan fingerprint density at radius 2 is 1.96 bits per heavy atom. The minimum Gasteiger partial charge on any atom is -0.504 e. The van der Waals surface area contributed by atoms with E-state index >= 15 is 0 Å². The molecule has 0 radical (unpaired) electrons. The van der Waals surface area contributed by atoms with Gasteiger partial charge in [-0.1, -0.05) is 11.2 Å². The maximum atomic E-state index is 9.50. The van der Waals surface area contributed by atoms with Crippen molar-refractivity contribution >= 4 is 12.2 Å². The number of phenols is 2. The fourth-order valence-electron chi connectivity index (χ4n) is 3.16. The van der Waals surface area contributed by atoms with E-state index in [1.807, 2.05) is 0 Å². The molecular formula is C19H25N3O3. The minimum atomic E-state index is -0.152. The van der Waals surface area contributed by atoms with E-state index in [0.717, 1.165) is 30.9 Å². The molecule has 25 heavy (non-hydrogen) atoms. The standard InChI is InChI=1S/C19H25N3O3/c1-13(2)22-9-7-15(8-10-22)12-18-20-19(25-21-18)6-4-14-3-5-16(23)17(24)11-14/h3-6,11,13,15,23-24H,7-10,12H2,1-2H3/b6-4+. The molecule has 0 saturated carbocycles. The number of nitrogens with zero attached hydrogens (tertiary/aromatic N) is 3. The van der Waals surface area contributed by atoms with Gasteiger partial charge in [0.05, 0.1) is 0 Å². The Balaban J connectivity index is 1.55. The van der Waals surface area contributed by atoms with Crippen LogP contribution in [-0.2, 0) is 6.42 Å². The van der Waals surface area contributed by atoms with Crippen LogP contribution < -0.4 is 0 Å². The molecule has 2 N–H and O–H groups in total. The molecule has 0 unspecified atom stereocenters. The molecule has 6 nitrogen and oxygen atoms in total. The van der Waals surface area contributed by atoms with Crippen molar-refractivity contribution in [1.82, 2.24) is 15.0 Å². The molecule has 3 rings (SSSR count). The summed E-state index contributed by atoms with van der Waals surface area (Å²) in [7, 11) is 0. The average Bonchev–Trinajstić information content (AvgIpc) is 3.04. The molecule has 1 aliphatic rings. The third-order valence-electron chi connectivity index (χ3n) is 4.75. The van der Waals surface area contributed by atoms with Crippen molar-refractivity contribution in [2.45, 2.75) is 39.2 Å². The van der Waals surface area contributed by atoms with Gasteiger partial charge in [0.1, 0.15) is 0 Å². The van der Waals surface area contributed by atoms with Gasteiger partial charge in [-0.3, -0.25) is 0 Å². The lowest BCUT2D eigenvalue weighted by Gasteiger charge is -2.34. The van der Waals surface area contributed by atoms with E-state index in [1.54, 1.807) is 18.2 Å². The molecule has 0 atom stereocenters. The molecule has 1 saturated heterocycles. The average molecular weight is 343 g/mol. The van der Waals surface area contributed by atoms with Crippen molar-refractivity contribution in [2.75, 3.05) is 13.1 Å². The van der Waals surface area contributed by atoms with Gasteiger partial charge in [-0.05, 0) is 69.5 Å². The first-order chi connectivity index (χ1) is 12.0. The lowest BCUT2D eigenvalue weighted by atomic mass is 9.93. The highest BCUT2D eigenvalue weighted by Crippen LogP contribution is 2.26. The molecule has 1 aliphatic heterocycles. The quantitative estimate of drug-likeness (QED) is 0.811. The third-order valence-corrected chi connectivity index (χ3v) is 4.75. The summed E-state index contributed by atoms with van der Waals surface area (Å²) in [4.78, 5) is 6.93. The topological polar surface area (TPSA) is 82.6 Å². The molecule has 0 bridgehead atoms. The molecule has 2 heterocycles. The molecule has 0 spiro atoms. The molecule has 1 aromatic heterocycles. The number of aromatic nitrogens is 2. The number of hydrogen-bond acceptors (Lipinski definition) is 6. The Labute approximate surface area is 147 Å². The minimum absolute atomic E-state index is 0.138. The largest absolute Gasteiger partial charge is 0.504 e. The highest BCUT2D eigenvalue weighted by molar-refractivity contribution is 5.67. The zero-order chi connectivity index (χ0) is 17.8. The second-order valence-corrected chi connectivity index (χ2v) is 6.91. The third kappa shape index (κ3) is 4.60. The van der Waals surface area contributed by atoms with Crippen LogP contribution >= 0.6 is 0 Å². The molecule has 2 aromatic rings. The summed E-state index contributed by atoms with van der Waals surface area (Å²) in [5, 5.41) is 22.9. The number of rotatable bonds is 5. The van der Waals surface area contributed by atoms with E-state index < -0.39 is 0 Å². The second-order valence-electron chi connectivity index (χ2n) is 6.91. The first-order valence-electron chi connectivity index (χ1n) is 8.78. The van der Waals surface area contributed by atoms with Crippen molar-refractivity contribution in [3.05, 3.63) is 35.5 Å². The summed E-state index contributed by atoms with van der Waals surface area (Å²) in [5.74, 6) is 1.51. The lowest BCUT2D eigenvalue weighted by Crippen LogP contribution is -2.38. The van der Waals surface area contributed by atoms with Crippen molar-refractivity contribution in [3.63, 3.8) is 0 Å². The van der Waals surface area contributed by atoms with Gasteiger partial charge in [-0.25, -0.2) is 0 Å². The fourth-order valence-corrected chi connectivity index (χ4v) is 3.16. The lowest BCUT2D eigenvalue weighted by molar-refractivity contribution is 0.148. The van der Waals surface area contributed by atoms with Gasteiger partial charge >= 0.3 is 0 Å². The number of piperidine rings is 1. The monoisotopic (exact) mass is 343 g/mol. The predicted molar refractivity (Wildman–Crippen MR) is 96.1 cm³/mol. The van der Waals surface area contributed by atoms with E-state index in [1.165, 1.54) is 25.0 Å². The van der Waals surface area contributed by atoms with Gasteiger partial charge in [0.15, 0.2) is 17.3 Å². The first-order valence-corrected chi connectivity index (χ1v) is 8.78. The van der Waals surface area contributed by atoms with Gasteiger partial charge in [-0.2, -0.15) is 4.98 Å². The Morgan fingerprint density at radius 1 is 1.20 bits per heavy atom. The fraction of sp³-hybridized carbons (Fsp3) is 0.474. The Hall–Kier alpha value is -2.34. The van der Waals surface area contributed by atoms with E-state index in [4.69, 9.17) is 4.52 Å². The van der Waals surface area contributed by atoms with Crippen LogP contribution in [0.3, 0.4) is 0 Å². The number of aromatic hydroxyl groups is 2. The van der Waals surface area contributed by atoms with E-state index in [9.17, 15) is 10.2 Å². The van der Waals surface area contributed by atoms with Crippen LogP contribution in [-0.4, -0.2) is 44.4 Å². The van der Waals surface area contributed by atoms with Crippen LogP contribution in [0, 0.1) is 5.92 Å². The number of likely N-dealkylation sites (tertiary alicyclic amines) is 1. The molecule has 6 heteroatoms. The van der Waals surface area contributed by atoms with Gasteiger partial charge in [0.25, 0.3) is 5.89 Å². The van der Waals surface area contributed by atoms with Crippen LogP contribution in [0.25, 0.3) is 12.2 Å². The predicted octanol–water partition coefficient (Wildman–Crippen LogP) is 3.31. The molecule has 1 fully saturated rings. The summed E-state index contributed by atoms with van der Waals surface area (Å²) in [6.45, 7) is 6.76. The van der Waals surface area contributed by atoms with Crippen molar-refractivity contribution < 1.29 is 14.7 Å². The van der Waals surface area contributed by atoms with E-state index in [0.29, 0.717) is 17.9 Å². The zero-order valence-electron chi connectivity index (χ0n) is 14.7. The maximum Gasteiger partial charge on any atom is 0.250 e. The molecule has 1 aromatic carbocycles. The van der Waals surface area contributed by atoms with Crippen LogP contribution in [0.1, 0.15) is 44.0 Å². The van der Waals surface area contributed by atoms with Gasteiger partial charge in [-0.15, -0.1) is 0 Å². The van der Waals surface area contributed by atoms with Crippen LogP contribution in [0.5, 0.6) is 11.5 Å². The van der Waals surface area contributed by atoms with Gasteiger partial charge in [0, 0.05) is 18.5 Å². The second kappa shape index (κ2) is 7.70. The summed E-state index contributed by atoms with van der Waals surface area (Å²) in [5.41, 5.74) is 0.746. The molecular weight excluding hydrogens is 318 g/mol. The van der Waals surface area contributed by atoms with E-state index in [-0.39, 0.29) is 11.5 Å². The summed E-state index contributed by atoms with van der Waals surface area (Å²) in [6, 6.07) is 5.23. The van der Waals surface area contributed by atoms with Crippen LogP contribution in [0.15, 0.2) is 22.7 Å². The smallest absolute Gasteiger partial charge is 0.250 e. The zero-order valence-corrected chi connectivity index (χ0v) is 14.7. The number of hydrogen-bond donors (Lipinski definition) is 2. The van der Waals surface area contributed by atoms with Gasteiger partial charge < -0.3 is 19.6 Å². The highest BCUT2D eigenvalue weighted by Gasteiger charge is 2.22. The Bertz CT molecular complexity index is 731. The number of phenolic OH excluding ortho intramolecular Hbond substituents is 2. The van der Waals surface area contributed by atoms with Crippen LogP contribution in [0.2, 0.25) is 0 Å². The van der Waals surface area contributed by atoms with Gasteiger partial charge in [0.2, 0.25) is 0 Å². The molecule has 134 valence electrons. The van der Waals surface area contributed by atoms with Crippen molar-refractivity contribution in [2.24, 2.45) is 5.92 Å². The maximum absolute atomic E-state index is 9.50. The van der Waals surface area contributed by atoms with Crippen molar-refractivity contribution in [3.8, 4) is 11.5 Å². The Morgan fingerprint density at radius 3 is 2.64 bits per heavy atom. The summed E-state index contributed by atoms with van der Waals surface area (Å²) in [6.07, 6.45) is 6.67. The molecule has 0 aliphatic carbocycles. The highest BCUT2D eigenvalue weighted by atomic mass is 16.5. The van der Waals surface area contributed by atoms with E-state index in [2.05, 4.69) is 28.9 Å². The van der Waals surface area contributed by atoms with Crippen LogP contribution in [0.4, 0.5) is 0 Å². The first kappa shape index (κ1) is 17.5. The summed E-state index contributed by atoms with van der Waals surface area (Å²) >= 11 is 0. The molecule has 0 amide bonds. The number of benzene rings is 1. The SMILES string of the molecule is CC(C)N1CCC(Cc2noc(/C=C/c3ccc(O)c(O)c3)n2)CC1.